The zero-order valence-corrected chi connectivity index (χ0v) is 10.8. The molecule has 19 heavy (non-hydrogen) atoms. The van der Waals surface area contributed by atoms with Gasteiger partial charge in [-0.1, -0.05) is 0 Å². The van der Waals surface area contributed by atoms with Gasteiger partial charge in [-0.25, -0.2) is 9.97 Å². The number of nitrogens with zero attached hydrogens (tertiary/aromatic N) is 2. The first-order chi connectivity index (χ1) is 9.23. The fraction of sp³-hybridized carbons (Fsp3) is 0.250. The van der Waals surface area contributed by atoms with Crippen LogP contribution < -0.4 is 19.5 Å². The van der Waals surface area contributed by atoms with Gasteiger partial charge >= 0.3 is 0 Å². The number of carbonyl (C=O) groups excluding carboxylic acids is 1. The van der Waals surface area contributed by atoms with Crippen LogP contribution in [-0.2, 0) is 4.79 Å². The highest BCUT2D eigenvalue weighted by atomic mass is 16.5. The predicted molar refractivity (Wildman–Crippen MR) is 68.9 cm³/mol. The van der Waals surface area contributed by atoms with Gasteiger partial charge in [0.2, 0.25) is 6.41 Å². The predicted octanol–water partition coefficient (Wildman–Crippen LogP) is 1.22. The Balaban J connectivity index is 2.66. The van der Waals surface area contributed by atoms with Crippen LogP contribution in [0.1, 0.15) is 0 Å². The van der Waals surface area contributed by atoms with E-state index in [9.17, 15) is 4.79 Å². The average Bonchev–Trinajstić information content (AvgIpc) is 2.45. The molecule has 1 aromatic heterocycles. The van der Waals surface area contributed by atoms with E-state index >= 15 is 0 Å². The summed E-state index contributed by atoms with van der Waals surface area (Å²) in [5, 5.41) is 2.43. The van der Waals surface area contributed by atoms with E-state index in [1.807, 2.05) is 0 Å². The molecule has 0 spiro atoms. The lowest BCUT2D eigenvalue weighted by Crippen LogP contribution is -2.03. The molecule has 0 aliphatic heterocycles. The number of nitrogens with one attached hydrogen (secondary N) is 1. The average molecular weight is 263 g/mol. The zero-order valence-electron chi connectivity index (χ0n) is 10.8. The Morgan fingerprint density at radius 2 is 1.58 bits per heavy atom. The summed E-state index contributed by atoms with van der Waals surface area (Å²) in [5.41, 5.74) is 1.13. The van der Waals surface area contributed by atoms with E-state index in [0.717, 1.165) is 0 Å². The van der Waals surface area contributed by atoms with Gasteiger partial charge in [-0.3, -0.25) is 4.79 Å². The van der Waals surface area contributed by atoms with Crippen LogP contribution in [0, 0.1) is 0 Å². The second-order valence-electron chi connectivity index (χ2n) is 3.54. The maximum Gasteiger partial charge on any atom is 0.258 e. The fourth-order valence-electron chi connectivity index (χ4n) is 1.66. The molecule has 0 aliphatic carbocycles. The molecule has 2 aromatic rings. The number of carbonyl (C=O) groups is 1. The van der Waals surface area contributed by atoms with E-state index in [-0.39, 0.29) is 11.7 Å². The Kier molecular flexibility index (Phi) is 3.65. The molecule has 0 aliphatic rings. The van der Waals surface area contributed by atoms with E-state index in [0.29, 0.717) is 28.9 Å². The van der Waals surface area contributed by atoms with Crippen LogP contribution in [0.3, 0.4) is 0 Å². The van der Waals surface area contributed by atoms with Crippen LogP contribution in [0.25, 0.3) is 11.0 Å². The van der Waals surface area contributed by atoms with Crippen molar-refractivity contribution in [3.05, 3.63) is 12.1 Å². The van der Waals surface area contributed by atoms with E-state index in [1.54, 1.807) is 12.1 Å². The Labute approximate surface area is 109 Å². The minimum atomic E-state index is 0.229. The maximum absolute atomic E-state index is 10.5. The van der Waals surface area contributed by atoms with Gasteiger partial charge in [0.1, 0.15) is 0 Å². The number of anilines is 1. The topological polar surface area (TPSA) is 82.6 Å². The van der Waals surface area contributed by atoms with Gasteiger partial charge in [0.05, 0.1) is 32.4 Å². The van der Waals surface area contributed by atoms with Crippen molar-refractivity contribution in [1.29, 1.82) is 0 Å². The molecule has 7 nitrogen and oxygen atoms in total. The molecule has 2 rings (SSSR count). The Hall–Kier alpha value is -2.57. The maximum atomic E-state index is 10.5. The first-order valence-electron chi connectivity index (χ1n) is 5.41. The summed E-state index contributed by atoms with van der Waals surface area (Å²) >= 11 is 0. The van der Waals surface area contributed by atoms with Gasteiger partial charge in [-0.15, -0.1) is 0 Å². The summed E-state index contributed by atoms with van der Waals surface area (Å²) < 4.78 is 15.4. The number of hydrogen-bond acceptors (Lipinski definition) is 6. The standard InChI is InChI=1S/C12H13N3O4/c1-17-9-4-7-8(5-10(9)18-2)15-12(19-3)11(14-7)13-6-16/h4-6H,1-3H3,(H,13,14,16). The number of rotatable bonds is 5. The van der Waals surface area contributed by atoms with Crippen LogP contribution in [0.15, 0.2) is 12.1 Å². The number of aromatic nitrogens is 2. The normalized spacial score (nSPS) is 10.1. The van der Waals surface area contributed by atoms with Gasteiger partial charge in [-0.05, 0) is 0 Å². The van der Waals surface area contributed by atoms with Crippen molar-refractivity contribution in [1.82, 2.24) is 9.97 Å². The zero-order chi connectivity index (χ0) is 13.8. The molecule has 1 amide bonds. The Bertz CT molecular complexity index is 615. The minimum absolute atomic E-state index is 0.229. The molecule has 0 saturated carbocycles. The van der Waals surface area contributed by atoms with Crippen molar-refractivity contribution in [2.24, 2.45) is 0 Å². The molecule has 0 radical (unpaired) electrons. The lowest BCUT2D eigenvalue weighted by Gasteiger charge is -2.10. The molecule has 0 fully saturated rings. The number of ether oxygens (including phenoxy) is 3. The highest BCUT2D eigenvalue weighted by Crippen LogP contribution is 2.32. The summed E-state index contributed by atoms with van der Waals surface area (Å²) in [7, 11) is 4.52. The number of benzene rings is 1. The molecular weight excluding hydrogens is 250 g/mol. The van der Waals surface area contributed by atoms with Crippen molar-refractivity contribution in [3.63, 3.8) is 0 Å². The van der Waals surface area contributed by atoms with E-state index in [4.69, 9.17) is 14.2 Å². The molecule has 1 aromatic carbocycles. The van der Waals surface area contributed by atoms with Crippen molar-refractivity contribution < 1.29 is 19.0 Å². The smallest absolute Gasteiger partial charge is 0.258 e. The summed E-state index contributed by atoms with van der Waals surface area (Å²) in [6, 6.07) is 3.37. The van der Waals surface area contributed by atoms with Gasteiger partial charge in [-0.2, -0.15) is 0 Å². The van der Waals surface area contributed by atoms with E-state index in [1.165, 1.54) is 21.3 Å². The third kappa shape index (κ3) is 2.35. The van der Waals surface area contributed by atoms with Gasteiger partial charge < -0.3 is 19.5 Å². The van der Waals surface area contributed by atoms with Crippen molar-refractivity contribution >= 4 is 23.3 Å². The lowest BCUT2D eigenvalue weighted by atomic mass is 10.2. The van der Waals surface area contributed by atoms with Crippen molar-refractivity contribution in [2.45, 2.75) is 0 Å². The van der Waals surface area contributed by atoms with Gasteiger partial charge in [0.25, 0.3) is 5.88 Å². The molecule has 0 bridgehead atoms. The second-order valence-corrected chi connectivity index (χ2v) is 3.54. The molecular formula is C12H13N3O4. The van der Waals surface area contributed by atoms with Crippen LogP contribution >= 0.6 is 0 Å². The molecule has 0 unspecified atom stereocenters. The quantitative estimate of drug-likeness (QED) is 0.817. The van der Waals surface area contributed by atoms with Crippen LogP contribution in [0.5, 0.6) is 17.4 Å². The molecule has 100 valence electrons. The largest absolute Gasteiger partial charge is 0.493 e. The molecule has 1 heterocycles. The third-order valence-corrected chi connectivity index (χ3v) is 2.53. The molecule has 0 atom stereocenters. The van der Waals surface area contributed by atoms with Gasteiger partial charge in [0.15, 0.2) is 17.3 Å². The van der Waals surface area contributed by atoms with Crippen LogP contribution in [0.4, 0.5) is 5.82 Å². The first kappa shape index (κ1) is 12.9. The van der Waals surface area contributed by atoms with Crippen molar-refractivity contribution in [3.8, 4) is 17.4 Å². The van der Waals surface area contributed by atoms with Gasteiger partial charge in [0, 0.05) is 12.1 Å². The molecule has 7 heteroatoms. The van der Waals surface area contributed by atoms with E-state index < -0.39 is 0 Å². The molecule has 0 saturated heterocycles. The van der Waals surface area contributed by atoms with E-state index in [2.05, 4.69) is 15.3 Å². The fourth-order valence-corrected chi connectivity index (χ4v) is 1.66. The highest BCUT2D eigenvalue weighted by molar-refractivity contribution is 5.83. The first-order valence-corrected chi connectivity index (χ1v) is 5.41. The third-order valence-electron chi connectivity index (χ3n) is 2.53. The lowest BCUT2D eigenvalue weighted by molar-refractivity contribution is -0.105. The summed E-state index contributed by atoms with van der Waals surface area (Å²) in [4.78, 5) is 19.0. The number of amides is 1. The summed E-state index contributed by atoms with van der Waals surface area (Å²) in [6.07, 6.45) is 0.513. The Morgan fingerprint density at radius 1 is 1.00 bits per heavy atom. The number of methoxy groups -OCH3 is 3. The summed E-state index contributed by atoms with van der Waals surface area (Å²) in [5.74, 6) is 1.55. The number of fused-ring (bicyclic) bond motifs is 1. The summed E-state index contributed by atoms with van der Waals surface area (Å²) in [6.45, 7) is 0. The second kappa shape index (κ2) is 5.38. The van der Waals surface area contributed by atoms with Crippen LogP contribution in [-0.4, -0.2) is 37.7 Å². The SMILES string of the molecule is COc1cc2nc(NC=O)c(OC)nc2cc1OC. The number of hydrogen-bond donors (Lipinski definition) is 1. The molecule has 1 N–H and O–H groups in total. The minimum Gasteiger partial charge on any atom is -0.493 e. The highest BCUT2D eigenvalue weighted by Gasteiger charge is 2.12. The Morgan fingerprint density at radius 3 is 2.05 bits per heavy atom. The van der Waals surface area contributed by atoms with Crippen molar-refractivity contribution in [2.75, 3.05) is 26.6 Å². The monoisotopic (exact) mass is 263 g/mol. The van der Waals surface area contributed by atoms with Crippen LogP contribution in [0.2, 0.25) is 0 Å².